The Morgan fingerprint density at radius 2 is 1.00 bits per heavy atom. The van der Waals surface area contributed by atoms with Crippen molar-refractivity contribution < 1.29 is 4.74 Å². The van der Waals surface area contributed by atoms with Gasteiger partial charge >= 0.3 is 0 Å². The van der Waals surface area contributed by atoms with Crippen molar-refractivity contribution in [2.75, 3.05) is 0 Å². The van der Waals surface area contributed by atoms with Crippen LogP contribution in [0.3, 0.4) is 0 Å². The number of ether oxygens (including phenoxy) is 1. The lowest BCUT2D eigenvalue weighted by molar-refractivity contribution is 0.377. The second-order valence-corrected chi connectivity index (χ2v) is 5.91. The lowest BCUT2D eigenvalue weighted by Gasteiger charge is -1.98. The molecule has 1 nitrogen and oxygen atoms in total. The molecular weight excluding hydrogens is 344 g/mol. The van der Waals surface area contributed by atoms with Crippen LogP contribution < -0.4 is 0 Å². The van der Waals surface area contributed by atoms with Crippen molar-refractivity contribution in [3.05, 3.63) is 68.6 Å². The van der Waals surface area contributed by atoms with Gasteiger partial charge in [0, 0.05) is 8.95 Å². The van der Waals surface area contributed by atoms with Crippen LogP contribution in [-0.4, -0.2) is 0 Å². The standard InChI is InChI=1S/C14H10Br2O/c15-11-5-1-9(2-6-11)13-14(17-13)10-3-7-12(16)8-4-10/h1-8,13-14H/t13-,14-/m1/s1. The molecular formula is C14H10Br2O. The molecule has 1 fully saturated rings. The summed E-state index contributed by atoms with van der Waals surface area (Å²) in [5.74, 6) is 0. The van der Waals surface area contributed by atoms with E-state index >= 15 is 0 Å². The van der Waals surface area contributed by atoms with Gasteiger partial charge in [0.15, 0.2) is 0 Å². The minimum absolute atomic E-state index is 0.212. The molecule has 86 valence electrons. The molecule has 17 heavy (non-hydrogen) atoms. The van der Waals surface area contributed by atoms with Gasteiger partial charge in [-0.25, -0.2) is 0 Å². The fourth-order valence-electron chi connectivity index (χ4n) is 1.92. The van der Waals surface area contributed by atoms with Gasteiger partial charge in [0.05, 0.1) is 0 Å². The maximum atomic E-state index is 5.74. The second-order valence-electron chi connectivity index (χ2n) is 4.08. The van der Waals surface area contributed by atoms with Crippen LogP contribution >= 0.6 is 31.9 Å². The van der Waals surface area contributed by atoms with E-state index in [4.69, 9.17) is 4.74 Å². The van der Waals surface area contributed by atoms with Crippen molar-refractivity contribution in [3.63, 3.8) is 0 Å². The van der Waals surface area contributed by atoms with E-state index in [1.807, 2.05) is 0 Å². The van der Waals surface area contributed by atoms with Crippen molar-refractivity contribution in [1.29, 1.82) is 0 Å². The summed E-state index contributed by atoms with van der Waals surface area (Å²) in [5.41, 5.74) is 2.47. The molecule has 0 amide bonds. The third-order valence-corrected chi connectivity index (χ3v) is 3.95. The SMILES string of the molecule is Brc1ccc([C@H]2O[C@@H]2c2ccc(Br)cc2)cc1. The quantitative estimate of drug-likeness (QED) is 0.690. The number of halogens is 2. The average molecular weight is 354 g/mol. The monoisotopic (exact) mass is 352 g/mol. The third-order valence-electron chi connectivity index (χ3n) is 2.89. The first-order valence-corrected chi connectivity index (χ1v) is 6.99. The minimum Gasteiger partial charge on any atom is -0.359 e. The summed E-state index contributed by atoms with van der Waals surface area (Å²) in [5, 5.41) is 0. The molecule has 0 spiro atoms. The van der Waals surface area contributed by atoms with Gasteiger partial charge in [-0.2, -0.15) is 0 Å². The molecule has 1 heterocycles. The Labute approximate surface area is 117 Å². The van der Waals surface area contributed by atoms with Crippen molar-refractivity contribution in [2.45, 2.75) is 12.2 Å². The van der Waals surface area contributed by atoms with E-state index < -0.39 is 0 Å². The van der Waals surface area contributed by atoms with E-state index in [0.29, 0.717) is 0 Å². The largest absolute Gasteiger partial charge is 0.359 e. The molecule has 0 bridgehead atoms. The van der Waals surface area contributed by atoms with Gasteiger partial charge in [-0.05, 0) is 35.4 Å². The number of benzene rings is 2. The van der Waals surface area contributed by atoms with E-state index in [2.05, 4.69) is 80.4 Å². The molecule has 0 N–H and O–H groups in total. The predicted molar refractivity (Wildman–Crippen MR) is 74.9 cm³/mol. The lowest BCUT2D eigenvalue weighted by Crippen LogP contribution is -1.84. The van der Waals surface area contributed by atoms with E-state index in [9.17, 15) is 0 Å². The van der Waals surface area contributed by atoms with Gasteiger partial charge in [-0.1, -0.05) is 56.1 Å². The van der Waals surface area contributed by atoms with Gasteiger partial charge in [0.1, 0.15) is 12.2 Å². The molecule has 0 unspecified atom stereocenters. The van der Waals surface area contributed by atoms with Crippen LogP contribution in [0.5, 0.6) is 0 Å². The first-order chi connectivity index (χ1) is 8.24. The Balaban J connectivity index is 1.78. The number of hydrogen-bond donors (Lipinski definition) is 0. The van der Waals surface area contributed by atoms with Crippen LogP contribution in [0.2, 0.25) is 0 Å². The highest BCUT2D eigenvalue weighted by atomic mass is 79.9. The van der Waals surface area contributed by atoms with Crippen molar-refractivity contribution in [2.24, 2.45) is 0 Å². The smallest absolute Gasteiger partial charge is 0.114 e. The molecule has 0 saturated carbocycles. The minimum atomic E-state index is 0.212. The Bertz CT molecular complexity index is 469. The summed E-state index contributed by atoms with van der Waals surface area (Å²) in [6.45, 7) is 0. The van der Waals surface area contributed by atoms with E-state index in [0.717, 1.165) is 8.95 Å². The van der Waals surface area contributed by atoms with E-state index in [-0.39, 0.29) is 12.2 Å². The molecule has 1 saturated heterocycles. The maximum absolute atomic E-state index is 5.74. The normalized spacial score (nSPS) is 22.5. The first kappa shape index (κ1) is 11.5. The molecule has 2 aromatic rings. The van der Waals surface area contributed by atoms with Crippen LogP contribution in [0.4, 0.5) is 0 Å². The van der Waals surface area contributed by atoms with Gasteiger partial charge in [-0.15, -0.1) is 0 Å². The Morgan fingerprint density at radius 3 is 1.35 bits per heavy atom. The molecule has 0 aliphatic carbocycles. The summed E-state index contributed by atoms with van der Waals surface area (Å²) in [6.07, 6.45) is 0.425. The second kappa shape index (κ2) is 4.56. The highest BCUT2D eigenvalue weighted by Crippen LogP contribution is 2.51. The molecule has 3 rings (SSSR count). The van der Waals surface area contributed by atoms with Gasteiger partial charge in [-0.3, -0.25) is 0 Å². The Kier molecular flexibility index (Phi) is 3.07. The molecule has 0 aromatic heterocycles. The zero-order valence-electron chi connectivity index (χ0n) is 8.94. The zero-order valence-corrected chi connectivity index (χ0v) is 12.1. The fourth-order valence-corrected chi connectivity index (χ4v) is 2.45. The van der Waals surface area contributed by atoms with Crippen molar-refractivity contribution in [3.8, 4) is 0 Å². The van der Waals surface area contributed by atoms with Gasteiger partial charge in [0.25, 0.3) is 0 Å². The van der Waals surface area contributed by atoms with Gasteiger partial charge in [0.2, 0.25) is 0 Å². The maximum Gasteiger partial charge on any atom is 0.114 e. The molecule has 2 aromatic carbocycles. The summed E-state index contributed by atoms with van der Waals surface area (Å²) in [4.78, 5) is 0. The van der Waals surface area contributed by atoms with Crippen LogP contribution in [-0.2, 0) is 4.74 Å². The van der Waals surface area contributed by atoms with Crippen LogP contribution in [0, 0.1) is 0 Å². The summed E-state index contributed by atoms with van der Waals surface area (Å²) < 4.78 is 7.94. The summed E-state index contributed by atoms with van der Waals surface area (Å²) in [6, 6.07) is 16.6. The van der Waals surface area contributed by atoms with E-state index in [1.165, 1.54) is 11.1 Å². The third kappa shape index (κ3) is 2.46. The molecule has 0 radical (unpaired) electrons. The highest BCUT2D eigenvalue weighted by molar-refractivity contribution is 9.10. The zero-order chi connectivity index (χ0) is 11.8. The average Bonchev–Trinajstić information content (AvgIpc) is 3.11. The number of epoxide rings is 1. The van der Waals surface area contributed by atoms with Crippen LogP contribution in [0.25, 0.3) is 0 Å². The topological polar surface area (TPSA) is 12.5 Å². The molecule has 1 aliphatic rings. The number of hydrogen-bond acceptors (Lipinski definition) is 1. The summed E-state index contributed by atoms with van der Waals surface area (Å²) in [7, 11) is 0. The number of rotatable bonds is 2. The van der Waals surface area contributed by atoms with Crippen molar-refractivity contribution in [1.82, 2.24) is 0 Å². The van der Waals surface area contributed by atoms with Crippen molar-refractivity contribution >= 4 is 31.9 Å². The first-order valence-electron chi connectivity index (χ1n) is 5.40. The fraction of sp³-hybridized carbons (Fsp3) is 0.143. The summed E-state index contributed by atoms with van der Waals surface area (Å²) >= 11 is 6.87. The Hall–Kier alpha value is -0.640. The van der Waals surface area contributed by atoms with E-state index in [1.54, 1.807) is 0 Å². The predicted octanol–water partition coefficient (Wildman–Crippen LogP) is 5.02. The highest BCUT2D eigenvalue weighted by Gasteiger charge is 2.41. The van der Waals surface area contributed by atoms with Gasteiger partial charge < -0.3 is 4.74 Å². The Morgan fingerprint density at radius 1 is 0.647 bits per heavy atom. The van der Waals surface area contributed by atoms with Crippen LogP contribution in [0.15, 0.2) is 57.5 Å². The van der Waals surface area contributed by atoms with Crippen LogP contribution in [0.1, 0.15) is 23.3 Å². The molecule has 2 atom stereocenters. The molecule has 1 aliphatic heterocycles. The lowest BCUT2D eigenvalue weighted by atomic mass is 10.0. The molecule has 3 heteroatoms.